The average molecular weight is 456 g/mol. The van der Waals surface area contributed by atoms with Gasteiger partial charge in [-0.3, -0.25) is 4.99 Å². The highest BCUT2D eigenvalue weighted by Crippen LogP contribution is 2.17. The number of hydrogen-bond acceptors (Lipinski definition) is 5. The van der Waals surface area contributed by atoms with Crippen molar-refractivity contribution in [3.05, 3.63) is 95.1 Å². The third kappa shape index (κ3) is 7.11. The van der Waals surface area contributed by atoms with Crippen LogP contribution in [0.5, 0.6) is 0 Å². The summed E-state index contributed by atoms with van der Waals surface area (Å²) in [6, 6.07) is 6.38. The monoisotopic (exact) mass is 455 g/mol. The summed E-state index contributed by atoms with van der Waals surface area (Å²) in [4.78, 5) is 9.23. The maximum Gasteiger partial charge on any atom is 0.135 e. The summed E-state index contributed by atoms with van der Waals surface area (Å²) in [5.74, 6) is 7.32. The Morgan fingerprint density at radius 3 is 2.50 bits per heavy atom. The highest BCUT2D eigenvalue weighted by molar-refractivity contribution is 6.12. The Morgan fingerprint density at radius 1 is 1.24 bits per heavy atom. The molecule has 0 radical (unpaired) electrons. The van der Waals surface area contributed by atoms with Crippen LogP contribution in [-0.2, 0) is 13.0 Å². The zero-order valence-corrected chi connectivity index (χ0v) is 21.2. The molecule has 34 heavy (non-hydrogen) atoms. The van der Waals surface area contributed by atoms with Gasteiger partial charge in [0, 0.05) is 35.1 Å². The van der Waals surface area contributed by atoms with E-state index >= 15 is 0 Å². The van der Waals surface area contributed by atoms with Crippen molar-refractivity contribution in [1.82, 2.24) is 10.6 Å². The molecule has 1 unspecified atom stereocenters. The summed E-state index contributed by atoms with van der Waals surface area (Å²) in [6.45, 7) is 27.1. The third-order valence-corrected chi connectivity index (χ3v) is 5.81. The smallest absolute Gasteiger partial charge is 0.135 e. The molecule has 5 heteroatoms. The Bertz CT molecular complexity index is 1160. The molecule has 1 aromatic rings. The second-order valence-electron chi connectivity index (χ2n) is 8.60. The molecular weight excluding hydrogens is 418 g/mol. The van der Waals surface area contributed by atoms with Gasteiger partial charge in [-0.05, 0) is 62.8 Å². The Kier molecular flexibility index (Phi) is 9.27. The van der Waals surface area contributed by atoms with Crippen molar-refractivity contribution in [3.63, 3.8) is 0 Å². The molecule has 0 aliphatic carbocycles. The first-order chi connectivity index (χ1) is 16.0. The fourth-order valence-corrected chi connectivity index (χ4v) is 3.10. The summed E-state index contributed by atoms with van der Waals surface area (Å²) >= 11 is 0. The average Bonchev–Trinajstić information content (AvgIpc) is 3.24. The number of rotatable bonds is 9. The van der Waals surface area contributed by atoms with Crippen molar-refractivity contribution in [3.8, 4) is 11.8 Å². The molecule has 0 spiro atoms. The molecule has 2 rings (SSSR count). The largest absolute Gasteiger partial charge is 0.399 e. The van der Waals surface area contributed by atoms with Gasteiger partial charge in [0.2, 0.25) is 0 Å². The predicted octanol–water partition coefficient (Wildman–Crippen LogP) is 5.14. The number of nitrogens with zero attached hydrogens (tertiary/aromatic N) is 2. The number of hydrogen-bond donors (Lipinski definition) is 3. The zero-order valence-electron chi connectivity index (χ0n) is 21.2. The minimum Gasteiger partial charge on any atom is -0.399 e. The summed E-state index contributed by atoms with van der Waals surface area (Å²) < 4.78 is 0. The topological polar surface area (TPSA) is 74.8 Å². The van der Waals surface area contributed by atoms with Crippen LogP contribution in [0.25, 0.3) is 0 Å². The number of aliphatic imine (C=N–C) groups is 2. The van der Waals surface area contributed by atoms with Crippen LogP contribution in [-0.4, -0.2) is 18.1 Å². The van der Waals surface area contributed by atoms with Crippen LogP contribution in [0.4, 0.5) is 0 Å². The van der Waals surface area contributed by atoms with E-state index in [0.29, 0.717) is 30.2 Å². The fraction of sp³-hybridized carbons (Fsp3) is 0.310. The van der Waals surface area contributed by atoms with Crippen molar-refractivity contribution in [1.29, 1.82) is 0 Å². The van der Waals surface area contributed by atoms with E-state index in [4.69, 9.17) is 10.7 Å². The van der Waals surface area contributed by atoms with Crippen LogP contribution in [0.15, 0.2) is 88.4 Å². The lowest BCUT2D eigenvalue weighted by Crippen LogP contribution is -2.21. The van der Waals surface area contributed by atoms with Crippen LogP contribution in [0.2, 0.25) is 0 Å². The Hall–Kier alpha value is -3.78. The summed E-state index contributed by atoms with van der Waals surface area (Å²) in [5.41, 5.74) is 14.6. The van der Waals surface area contributed by atoms with E-state index in [1.54, 1.807) is 0 Å². The molecule has 0 fully saturated rings. The van der Waals surface area contributed by atoms with Gasteiger partial charge in [-0.2, -0.15) is 0 Å². The molecule has 1 aliphatic rings. The Morgan fingerprint density at radius 2 is 1.94 bits per heavy atom. The van der Waals surface area contributed by atoms with E-state index in [1.165, 1.54) is 11.1 Å². The molecule has 0 aromatic heterocycles. The van der Waals surface area contributed by atoms with Crippen molar-refractivity contribution >= 4 is 11.5 Å². The first-order valence-electron chi connectivity index (χ1n) is 11.5. The normalized spacial score (nSPS) is 14.8. The Balaban J connectivity index is 2.28. The van der Waals surface area contributed by atoms with Crippen molar-refractivity contribution < 1.29 is 0 Å². The lowest BCUT2D eigenvalue weighted by Gasteiger charge is -2.14. The standard InChI is InChI=1S/C29H37N5/c1-10-25-15-26(29-32-16-20(5)33-29)12-13-27(25)17-31-24(9)28(14-11-19(4)18(2)3)34-23(8)21(6)22(7)30/h12-13,15,19,31H,2,5,7,9-10,16-17,30H2,1,3-4,6,8H3,(H,32,33)/b23-21-,34-28?. The van der Waals surface area contributed by atoms with Gasteiger partial charge >= 0.3 is 0 Å². The number of aryl methyl sites for hydroxylation is 1. The molecule has 1 heterocycles. The van der Waals surface area contributed by atoms with Crippen molar-refractivity contribution in [2.24, 2.45) is 21.6 Å². The molecule has 0 amide bonds. The minimum absolute atomic E-state index is 0.0512. The SMILES string of the molecule is C=C1CN=C(c2ccc(CNC(=C)C(C#CC(C)C(=C)C)=N/C(C)=C(/C)C(=C)N)c(CC)c2)N1. The predicted molar refractivity (Wildman–Crippen MR) is 146 cm³/mol. The van der Waals surface area contributed by atoms with E-state index in [9.17, 15) is 0 Å². The first kappa shape index (κ1) is 26.5. The van der Waals surface area contributed by atoms with E-state index in [1.807, 2.05) is 27.7 Å². The Labute approximate surface area is 205 Å². The van der Waals surface area contributed by atoms with Crippen LogP contribution < -0.4 is 16.4 Å². The molecule has 0 saturated heterocycles. The van der Waals surface area contributed by atoms with Gasteiger partial charge < -0.3 is 16.4 Å². The van der Waals surface area contributed by atoms with Gasteiger partial charge in [0.25, 0.3) is 0 Å². The molecule has 1 aliphatic heterocycles. The molecule has 5 nitrogen and oxygen atoms in total. The number of allylic oxidation sites excluding steroid dienone is 4. The summed E-state index contributed by atoms with van der Waals surface area (Å²) in [5, 5.41) is 6.65. The maximum atomic E-state index is 5.86. The second-order valence-corrected chi connectivity index (χ2v) is 8.60. The van der Waals surface area contributed by atoms with E-state index in [-0.39, 0.29) is 5.92 Å². The zero-order chi connectivity index (χ0) is 25.4. The second kappa shape index (κ2) is 11.9. The minimum atomic E-state index is 0.0512. The van der Waals surface area contributed by atoms with Crippen LogP contribution in [0.1, 0.15) is 51.3 Å². The fourth-order valence-electron chi connectivity index (χ4n) is 3.10. The van der Waals surface area contributed by atoms with Crippen molar-refractivity contribution in [2.75, 3.05) is 6.54 Å². The van der Waals surface area contributed by atoms with Gasteiger partial charge in [-0.1, -0.05) is 56.9 Å². The lowest BCUT2D eigenvalue weighted by molar-refractivity contribution is 0.832. The highest BCUT2D eigenvalue weighted by Gasteiger charge is 2.13. The van der Waals surface area contributed by atoms with E-state index in [0.717, 1.165) is 40.4 Å². The summed E-state index contributed by atoms with van der Waals surface area (Å²) in [6.07, 6.45) is 0.905. The van der Waals surface area contributed by atoms with Crippen molar-refractivity contribution in [2.45, 2.75) is 47.6 Å². The molecule has 1 aromatic carbocycles. The van der Waals surface area contributed by atoms with Crippen LogP contribution >= 0.6 is 0 Å². The molecular formula is C29H37N5. The molecule has 178 valence electrons. The quantitative estimate of drug-likeness (QED) is 0.209. The van der Waals surface area contributed by atoms with Crippen LogP contribution in [0.3, 0.4) is 0 Å². The number of benzene rings is 1. The van der Waals surface area contributed by atoms with Gasteiger partial charge in [-0.15, -0.1) is 0 Å². The van der Waals surface area contributed by atoms with Gasteiger partial charge in [-0.25, -0.2) is 4.99 Å². The molecule has 0 saturated carbocycles. The van der Waals surface area contributed by atoms with Crippen LogP contribution in [0, 0.1) is 17.8 Å². The molecule has 0 bridgehead atoms. The number of nitrogens with two attached hydrogens (primary N) is 1. The van der Waals surface area contributed by atoms with Gasteiger partial charge in [0.1, 0.15) is 11.5 Å². The third-order valence-electron chi connectivity index (χ3n) is 5.81. The number of amidine groups is 1. The summed E-state index contributed by atoms with van der Waals surface area (Å²) in [7, 11) is 0. The van der Waals surface area contributed by atoms with E-state index in [2.05, 4.69) is 78.9 Å². The first-order valence-corrected chi connectivity index (χ1v) is 11.5. The van der Waals surface area contributed by atoms with Gasteiger partial charge in [0.15, 0.2) is 0 Å². The molecule has 1 atom stereocenters. The molecule has 4 N–H and O–H groups in total. The maximum absolute atomic E-state index is 5.86. The lowest BCUT2D eigenvalue weighted by atomic mass is 10.0. The highest BCUT2D eigenvalue weighted by atomic mass is 15.1. The van der Waals surface area contributed by atoms with E-state index < -0.39 is 0 Å². The number of nitrogens with one attached hydrogen (secondary N) is 2. The van der Waals surface area contributed by atoms with Gasteiger partial charge in [0.05, 0.1) is 12.2 Å².